The molecule has 1 aromatic heterocycles. The lowest BCUT2D eigenvalue weighted by molar-refractivity contribution is -0.137. The highest BCUT2D eigenvalue weighted by atomic mass is 79.9. The molecule has 0 aliphatic heterocycles. The molecule has 9 heteroatoms. The van der Waals surface area contributed by atoms with E-state index in [1.165, 1.54) is 6.07 Å². The fourth-order valence-corrected chi connectivity index (χ4v) is 4.97. The van der Waals surface area contributed by atoms with Crippen LogP contribution in [0.25, 0.3) is 0 Å². The molecule has 0 aliphatic carbocycles. The Hall–Kier alpha value is -0.150. The van der Waals surface area contributed by atoms with Gasteiger partial charge in [-0.05, 0) is 40.8 Å². The first-order chi connectivity index (χ1) is 9.22. The number of rotatable bonds is 8. The van der Waals surface area contributed by atoms with E-state index < -0.39 is 16.0 Å². The Bertz CT molecular complexity index is 553. The van der Waals surface area contributed by atoms with Gasteiger partial charge in [-0.1, -0.05) is 18.5 Å². The second-order valence-corrected chi connectivity index (χ2v) is 9.18. The molecule has 0 saturated heterocycles. The summed E-state index contributed by atoms with van der Waals surface area (Å²) in [5.41, 5.74) is 0. The maximum Gasteiger partial charge on any atom is 0.303 e. The Labute approximate surface area is 135 Å². The van der Waals surface area contributed by atoms with E-state index in [1.807, 2.05) is 6.92 Å². The number of thiophene rings is 1. The molecule has 1 rings (SSSR count). The molecule has 1 heterocycles. The summed E-state index contributed by atoms with van der Waals surface area (Å²) in [7, 11) is -3.55. The van der Waals surface area contributed by atoms with E-state index in [2.05, 4.69) is 20.7 Å². The normalized spacial score (nSPS) is 13.3. The summed E-state index contributed by atoms with van der Waals surface area (Å²) in [4.78, 5) is 10.4. The largest absolute Gasteiger partial charge is 0.481 e. The molecule has 0 saturated carbocycles. The summed E-state index contributed by atoms with van der Waals surface area (Å²) >= 11 is 10.0. The number of hydrogen-bond donors (Lipinski definition) is 2. The first kappa shape index (κ1) is 17.9. The summed E-state index contributed by atoms with van der Waals surface area (Å²) in [5, 5.41) is 8.93. The third-order valence-electron chi connectivity index (χ3n) is 2.67. The van der Waals surface area contributed by atoms with Crippen LogP contribution >= 0.6 is 38.9 Å². The van der Waals surface area contributed by atoms with Gasteiger partial charge in [0.1, 0.15) is 4.21 Å². The number of carboxylic acid groups (broad SMARTS) is 1. The summed E-state index contributed by atoms with van der Waals surface area (Å²) in [5.74, 6) is -0.692. The van der Waals surface area contributed by atoms with E-state index in [9.17, 15) is 13.2 Å². The number of halogens is 2. The predicted molar refractivity (Wildman–Crippen MR) is 82.9 cm³/mol. The molecule has 0 aliphatic rings. The van der Waals surface area contributed by atoms with Crippen LogP contribution in [0.15, 0.2) is 14.1 Å². The van der Waals surface area contributed by atoms with E-state index in [4.69, 9.17) is 16.7 Å². The van der Waals surface area contributed by atoms with Crippen LogP contribution in [0.5, 0.6) is 0 Å². The van der Waals surface area contributed by atoms with Gasteiger partial charge in [0.05, 0.1) is 8.81 Å². The quantitative estimate of drug-likeness (QED) is 0.696. The van der Waals surface area contributed by atoms with Crippen LogP contribution in [0.4, 0.5) is 0 Å². The zero-order valence-corrected chi connectivity index (χ0v) is 14.7. The van der Waals surface area contributed by atoms with Crippen molar-refractivity contribution in [2.75, 3.05) is 6.54 Å². The van der Waals surface area contributed by atoms with Crippen molar-refractivity contribution in [1.82, 2.24) is 4.72 Å². The smallest absolute Gasteiger partial charge is 0.303 e. The lowest BCUT2D eigenvalue weighted by Gasteiger charge is -2.10. The van der Waals surface area contributed by atoms with Gasteiger partial charge in [0.2, 0.25) is 10.0 Å². The van der Waals surface area contributed by atoms with Crippen molar-refractivity contribution in [2.45, 2.75) is 30.4 Å². The lowest BCUT2D eigenvalue weighted by Crippen LogP contribution is -2.25. The zero-order valence-electron chi connectivity index (χ0n) is 10.7. The van der Waals surface area contributed by atoms with Crippen molar-refractivity contribution in [1.29, 1.82) is 0 Å². The molecule has 0 radical (unpaired) electrons. The van der Waals surface area contributed by atoms with Crippen LogP contribution in [0.1, 0.15) is 26.2 Å². The zero-order chi connectivity index (χ0) is 15.3. The number of sulfonamides is 1. The summed E-state index contributed by atoms with van der Waals surface area (Å²) in [6, 6.07) is 1.40. The number of hydrogen-bond acceptors (Lipinski definition) is 4. The summed E-state index contributed by atoms with van der Waals surface area (Å²) in [6.45, 7) is 2.17. The molecule has 1 aromatic rings. The van der Waals surface area contributed by atoms with E-state index in [0.29, 0.717) is 21.7 Å². The minimum Gasteiger partial charge on any atom is -0.481 e. The Morgan fingerprint density at radius 2 is 2.20 bits per heavy atom. The third-order valence-corrected chi connectivity index (χ3v) is 7.08. The summed E-state index contributed by atoms with van der Waals surface area (Å²) in [6.07, 6.45) is 1.22. The van der Waals surface area contributed by atoms with E-state index in [1.54, 1.807) is 0 Å². The molecular formula is C11H15BrClNO4S2. The first-order valence-electron chi connectivity index (χ1n) is 5.88. The van der Waals surface area contributed by atoms with Crippen molar-refractivity contribution in [3.8, 4) is 0 Å². The summed E-state index contributed by atoms with van der Waals surface area (Å²) < 4.78 is 27.2. The van der Waals surface area contributed by atoms with Crippen molar-refractivity contribution >= 4 is 54.9 Å². The van der Waals surface area contributed by atoms with E-state index >= 15 is 0 Å². The molecule has 0 spiro atoms. The van der Waals surface area contributed by atoms with Crippen LogP contribution in [0, 0.1) is 5.92 Å². The van der Waals surface area contributed by atoms with Gasteiger partial charge < -0.3 is 5.11 Å². The molecule has 0 amide bonds. The molecule has 2 N–H and O–H groups in total. The first-order valence-corrected chi connectivity index (χ1v) is 9.35. The minimum atomic E-state index is -3.55. The van der Waals surface area contributed by atoms with Crippen molar-refractivity contribution in [3.63, 3.8) is 0 Å². The van der Waals surface area contributed by atoms with Gasteiger partial charge in [-0.15, -0.1) is 11.3 Å². The molecule has 0 aromatic carbocycles. The maximum absolute atomic E-state index is 12.0. The van der Waals surface area contributed by atoms with Gasteiger partial charge in [0, 0.05) is 13.0 Å². The Morgan fingerprint density at radius 3 is 2.70 bits per heavy atom. The molecule has 1 unspecified atom stereocenters. The SMILES string of the molecule is CC(CCNS(=O)(=O)c1cc(Cl)c(Br)s1)CCC(=O)O. The van der Waals surface area contributed by atoms with Gasteiger partial charge in [0.25, 0.3) is 0 Å². The molecule has 20 heavy (non-hydrogen) atoms. The average Bonchev–Trinajstić information content (AvgIpc) is 2.68. The second-order valence-electron chi connectivity index (χ2n) is 4.41. The molecule has 0 bridgehead atoms. The predicted octanol–water partition coefficient (Wildman–Crippen LogP) is 3.33. The molecular weight excluding hydrogens is 390 g/mol. The minimum absolute atomic E-state index is 0.0986. The van der Waals surface area contributed by atoms with Crippen LogP contribution in [-0.4, -0.2) is 26.0 Å². The van der Waals surface area contributed by atoms with Crippen LogP contribution < -0.4 is 4.72 Å². The van der Waals surface area contributed by atoms with Crippen LogP contribution in [0.3, 0.4) is 0 Å². The molecule has 114 valence electrons. The van der Waals surface area contributed by atoms with Crippen LogP contribution in [0.2, 0.25) is 5.02 Å². The standard InChI is InChI=1S/C11H15BrClNO4S2/c1-7(2-3-9(15)16)4-5-14-20(17,18)10-6-8(13)11(12)19-10/h6-7,14H,2-5H2,1H3,(H,15,16). The van der Waals surface area contributed by atoms with Gasteiger partial charge >= 0.3 is 5.97 Å². The highest BCUT2D eigenvalue weighted by Crippen LogP contribution is 2.34. The van der Waals surface area contributed by atoms with E-state index in [-0.39, 0.29) is 23.1 Å². The maximum atomic E-state index is 12.0. The number of carbonyl (C=O) groups is 1. The van der Waals surface area contributed by atoms with Crippen LogP contribution in [-0.2, 0) is 14.8 Å². The lowest BCUT2D eigenvalue weighted by atomic mass is 10.0. The molecule has 0 fully saturated rings. The fourth-order valence-electron chi connectivity index (χ4n) is 1.48. The Balaban J connectivity index is 2.46. The van der Waals surface area contributed by atoms with Gasteiger partial charge in [-0.25, -0.2) is 13.1 Å². The van der Waals surface area contributed by atoms with Crippen molar-refractivity contribution in [3.05, 3.63) is 14.9 Å². The fraction of sp³-hybridized carbons (Fsp3) is 0.545. The number of nitrogens with one attached hydrogen (secondary N) is 1. The van der Waals surface area contributed by atoms with Gasteiger partial charge in [0.15, 0.2) is 0 Å². The number of aliphatic carboxylic acids is 1. The van der Waals surface area contributed by atoms with Crippen molar-refractivity contribution < 1.29 is 18.3 Å². The Morgan fingerprint density at radius 1 is 1.55 bits per heavy atom. The van der Waals surface area contributed by atoms with E-state index in [0.717, 1.165) is 11.3 Å². The average molecular weight is 405 g/mol. The van der Waals surface area contributed by atoms with Crippen molar-refractivity contribution in [2.24, 2.45) is 5.92 Å². The second kappa shape index (κ2) is 7.74. The third kappa shape index (κ3) is 5.69. The molecule has 1 atom stereocenters. The Kier molecular flexibility index (Phi) is 6.93. The highest BCUT2D eigenvalue weighted by Gasteiger charge is 2.18. The monoisotopic (exact) mass is 403 g/mol. The highest BCUT2D eigenvalue weighted by molar-refractivity contribution is 9.11. The van der Waals surface area contributed by atoms with Gasteiger partial charge in [-0.2, -0.15) is 0 Å². The topological polar surface area (TPSA) is 83.5 Å². The number of carboxylic acids is 1. The van der Waals surface area contributed by atoms with Gasteiger partial charge in [-0.3, -0.25) is 4.79 Å². The molecule has 5 nitrogen and oxygen atoms in total.